The van der Waals surface area contributed by atoms with E-state index in [1.807, 2.05) is 37.3 Å². The van der Waals surface area contributed by atoms with E-state index in [1.165, 1.54) is 0 Å². The van der Waals surface area contributed by atoms with Crippen LogP contribution in [-0.2, 0) is 6.42 Å². The van der Waals surface area contributed by atoms with Gasteiger partial charge in [0.05, 0.1) is 11.7 Å². The second-order valence-corrected chi connectivity index (χ2v) is 7.90. The summed E-state index contributed by atoms with van der Waals surface area (Å²) in [4.78, 5) is 15.2. The van der Waals surface area contributed by atoms with Gasteiger partial charge in [-0.1, -0.05) is 18.2 Å². The monoisotopic (exact) mass is 418 g/mol. The number of aromatic carboxylic acids is 1. The van der Waals surface area contributed by atoms with E-state index in [2.05, 4.69) is 16.4 Å². The lowest BCUT2D eigenvalue weighted by Gasteiger charge is -2.27. The average molecular weight is 418 g/mol. The number of ether oxygens (including phenoxy) is 1. The van der Waals surface area contributed by atoms with E-state index >= 15 is 0 Å². The van der Waals surface area contributed by atoms with E-state index in [1.54, 1.807) is 24.5 Å². The Hall–Kier alpha value is -3.22. The van der Waals surface area contributed by atoms with Gasteiger partial charge in [-0.25, -0.2) is 4.79 Å². The minimum Gasteiger partial charge on any atom is -0.489 e. The van der Waals surface area contributed by atoms with Crippen LogP contribution in [0.2, 0.25) is 0 Å². The molecule has 160 valence electrons. The molecule has 0 fully saturated rings. The number of aliphatic hydroxyl groups excluding tert-OH is 1. The van der Waals surface area contributed by atoms with Gasteiger partial charge in [0.1, 0.15) is 11.9 Å². The number of hydrogen-bond donors (Lipinski definition) is 3. The summed E-state index contributed by atoms with van der Waals surface area (Å²) in [6, 6.07) is 15.0. The Balaban J connectivity index is 1.37. The van der Waals surface area contributed by atoms with Crippen LogP contribution in [0, 0.1) is 6.92 Å². The summed E-state index contributed by atoms with van der Waals surface area (Å²) in [5.41, 5.74) is 5.28. The molecule has 2 heterocycles. The van der Waals surface area contributed by atoms with Crippen molar-refractivity contribution >= 4 is 5.97 Å². The number of aromatic nitrogens is 1. The van der Waals surface area contributed by atoms with Crippen molar-refractivity contribution in [2.75, 3.05) is 13.1 Å². The fourth-order valence-corrected chi connectivity index (χ4v) is 3.95. The molecule has 0 amide bonds. The van der Waals surface area contributed by atoms with Gasteiger partial charge in [0.2, 0.25) is 0 Å². The fourth-order valence-electron chi connectivity index (χ4n) is 3.95. The van der Waals surface area contributed by atoms with Gasteiger partial charge in [-0.2, -0.15) is 0 Å². The van der Waals surface area contributed by atoms with Crippen molar-refractivity contribution in [1.82, 2.24) is 10.3 Å². The van der Waals surface area contributed by atoms with Crippen LogP contribution in [0.5, 0.6) is 5.75 Å². The Labute approximate surface area is 181 Å². The SMILES string of the molecule is Cc1cc(C(=O)O)ccc1-c1ccc2c(c1)CC[C@H](CNC[C@H](O)c1cccnc1)O2. The molecule has 1 aromatic heterocycles. The highest BCUT2D eigenvalue weighted by atomic mass is 16.5. The van der Waals surface area contributed by atoms with E-state index in [-0.39, 0.29) is 6.10 Å². The zero-order chi connectivity index (χ0) is 21.8. The van der Waals surface area contributed by atoms with Crippen molar-refractivity contribution in [1.29, 1.82) is 0 Å². The lowest BCUT2D eigenvalue weighted by atomic mass is 9.94. The molecule has 6 heteroatoms. The van der Waals surface area contributed by atoms with Crippen LogP contribution in [0.1, 0.15) is 39.6 Å². The van der Waals surface area contributed by atoms with Crippen LogP contribution in [0.4, 0.5) is 0 Å². The Morgan fingerprint density at radius 3 is 2.87 bits per heavy atom. The topological polar surface area (TPSA) is 91.7 Å². The van der Waals surface area contributed by atoms with E-state index in [9.17, 15) is 9.90 Å². The Bertz CT molecular complexity index is 1070. The third-order valence-electron chi connectivity index (χ3n) is 5.65. The number of benzene rings is 2. The highest BCUT2D eigenvalue weighted by Crippen LogP contribution is 2.33. The van der Waals surface area contributed by atoms with Gasteiger partial charge in [-0.15, -0.1) is 0 Å². The summed E-state index contributed by atoms with van der Waals surface area (Å²) in [6.45, 7) is 3.04. The van der Waals surface area contributed by atoms with Gasteiger partial charge in [0.25, 0.3) is 0 Å². The maximum atomic E-state index is 11.2. The van der Waals surface area contributed by atoms with Gasteiger partial charge >= 0.3 is 5.97 Å². The van der Waals surface area contributed by atoms with E-state index in [4.69, 9.17) is 9.84 Å². The predicted octanol–water partition coefficient (Wildman–Crippen LogP) is 3.77. The van der Waals surface area contributed by atoms with E-state index in [0.717, 1.165) is 46.4 Å². The number of fused-ring (bicyclic) bond motifs is 1. The summed E-state index contributed by atoms with van der Waals surface area (Å²) >= 11 is 0. The smallest absolute Gasteiger partial charge is 0.335 e. The second-order valence-electron chi connectivity index (χ2n) is 7.90. The molecule has 2 aromatic carbocycles. The Morgan fingerprint density at radius 1 is 1.26 bits per heavy atom. The van der Waals surface area contributed by atoms with Crippen LogP contribution in [0.3, 0.4) is 0 Å². The zero-order valence-corrected chi connectivity index (χ0v) is 17.4. The first-order chi connectivity index (χ1) is 15.0. The van der Waals surface area contributed by atoms with Crippen molar-refractivity contribution in [2.24, 2.45) is 0 Å². The minimum atomic E-state index is -0.916. The van der Waals surface area contributed by atoms with Crippen molar-refractivity contribution in [2.45, 2.75) is 32.0 Å². The molecule has 1 aliphatic rings. The normalized spacial score (nSPS) is 16.3. The average Bonchev–Trinajstić information content (AvgIpc) is 2.79. The molecule has 0 radical (unpaired) electrons. The van der Waals surface area contributed by atoms with Crippen molar-refractivity contribution in [3.8, 4) is 16.9 Å². The maximum Gasteiger partial charge on any atom is 0.335 e. The molecule has 3 N–H and O–H groups in total. The highest BCUT2D eigenvalue weighted by Gasteiger charge is 2.21. The molecule has 0 spiro atoms. The minimum absolute atomic E-state index is 0.0519. The Kier molecular flexibility index (Phi) is 6.30. The molecular weight excluding hydrogens is 392 g/mol. The van der Waals surface area contributed by atoms with Gasteiger partial charge in [0, 0.05) is 31.0 Å². The van der Waals surface area contributed by atoms with Crippen molar-refractivity contribution in [3.05, 3.63) is 83.2 Å². The number of pyridine rings is 1. The van der Waals surface area contributed by atoms with Crippen molar-refractivity contribution in [3.63, 3.8) is 0 Å². The molecule has 4 rings (SSSR count). The molecule has 0 aliphatic carbocycles. The van der Waals surface area contributed by atoms with Crippen molar-refractivity contribution < 1.29 is 19.7 Å². The van der Waals surface area contributed by atoms with Crippen LogP contribution < -0.4 is 10.1 Å². The lowest BCUT2D eigenvalue weighted by Crippen LogP contribution is -2.36. The maximum absolute atomic E-state index is 11.2. The molecule has 2 atom stereocenters. The third kappa shape index (κ3) is 4.93. The summed E-state index contributed by atoms with van der Waals surface area (Å²) < 4.78 is 6.16. The Morgan fingerprint density at radius 2 is 2.13 bits per heavy atom. The summed E-state index contributed by atoms with van der Waals surface area (Å²) in [7, 11) is 0. The number of carbonyl (C=O) groups is 1. The zero-order valence-electron chi connectivity index (χ0n) is 17.4. The van der Waals surface area contributed by atoms with Gasteiger partial charge < -0.3 is 20.3 Å². The number of nitrogens with zero attached hydrogens (tertiary/aromatic N) is 1. The van der Waals surface area contributed by atoms with E-state index < -0.39 is 12.1 Å². The highest BCUT2D eigenvalue weighted by molar-refractivity contribution is 5.89. The molecule has 0 saturated heterocycles. The van der Waals surface area contributed by atoms with Crippen LogP contribution >= 0.6 is 0 Å². The first-order valence-electron chi connectivity index (χ1n) is 10.4. The molecule has 3 aromatic rings. The van der Waals surface area contributed by atoms with Crippen LogP contribution in [-0.4, -0.2) is 40.4 Å². The van der Waals surface area contributed by atoms with Crippen LogP contribution in [0.15, 0.2) is 60.9 Å². The molecule has 0 unspecified atom stereocenters. The van der Waals surface area contributed by atoms with Gasteiger partial charge in [0.15, 0.2) is 0 Å². The number of carboxylic acids is 1. The lowest BCUT2D eigenvalue weighted by molar-refractivity contribution is 0.0696. The first-order valence-corrected chi connectivity index (χ1v) is 10.4. The number of carboxylic acid groups (broad SMARTS) is 1. The summed E-state index contributed by atoms with van der Waals surface area (Å²) in [6.07, 6.45) is 4.62. The molecule has 1 aliphatic heterocycles. The standard InChI is InChI=1S/C25H26N2O4/c1-16-11-19(25(29)30)5-8-22(16)17-6-9-24-18(12-17)4-7-21(31-24)14-27-15-23(28)20-3-2-10-26-13-20/h2-3,5-6,8-13,21,23,27-28H,4,7,14-15H2,1H3,(H,29,30)/t21-,23+/m1/s1. The predicted molar refractivity (Wildman–Crippen MR) is 118 cm³/mol. The van der Waals surface area contributed by atoms with E-state index in [0.29, 0.717) is 18.7 Å². The third-order valence-corrected chi connectivity index (χ3v) is 5.65. The number of hydrogen-bond acceptors (Lipinski definition) is 5. The quantitative estimate of drug-likeness (QED) is 0.541. The molecule has 31 heavy (non-hydrogen) atoms. The van der Waals surface area contributed by atoms with Gasteiger partial charge in [-0.3, -0.25) is 4.98 Å². The second kappa shape index (κ2) is 9.29. The largest absolute Gasteiger partial charge is 0.489 e. The summed E-state index contributed by atoms with van der Waals surface area (Å²) in [5, 5.41) is 22.7. The molecule has 6 nitrogen and oxygen atoms in total. The van der Waals surface area contributed by atoms with Gasteiger partial charge in [-0.05, 0) is 72.4 Å². The number of aryl methyl sites for hydroxylation is 2. The number of aliphatic hydroxyl groups is 1. The first kappa shape index (κ1) is 21.0. The summed E-state index contributed by atoms with van der Waals surface area (Å²) in [5.74, 6) is -0.0319. The number of nitrogens with one attached hydrogen (secondary N) is 1. The van der Waals surface area contributed by atoms with Crippen LogP contribution in [0.25, 0.3) is 11.1 Å². The number of rotatable bonds is 7. The fraction of sp³-hybridized carbons (Fsp3) is 0.280. The molecule has 0 saturated carbocycles. The molecule has 0 bridgehead atoms. The molecular formula is C25H26N2O4.